The van der Waals surface area contributed by atoms with Crippen molar-refractivity contribution in [2.45, 2.75) is 13.5 Å². The van der Waals surface area contributed by atoms with Gasteiger partial charge in [0.25, 0.3) is 5.91 Å². The van der Waals surface area contributed by atoms with Gasteiger partial charge in [-0.15, -0.1) is 0 Å². The van der Waals surface area contributed by atoms with E-state index in [1.54, 1.807) is 41.0 Å². The Kier molecular flexibility index (Phi) is 5.58. The number of imide groups is 1. The molecule has 2 aliphatic heterocycles. The van der Waals surface area contributed by atoms with Crippen molar-refractivity contribution < 1.29 is 23.9 Å². The molecule has 0 radical (unpaired) electrons. The van der Waals surface area contributed by atoms with Crippen LogP contribution < -0.4 is 5.32 Å². The van der Waals surface area contributed by atoms with E-state index in [1.807, 2.05) is 0 Å². The smallest absolute Gasteiger partial charge is 0.409 e. The zero-order valence-corrected chi connectivity index (χ0v) is 15.1. The Morgan fingerprint density at radius 1 is 1.07 bits per heavy atom. The van der Waals surface area contributed by atoms with Crippen LogP contribution in [0.2, 0.25) is 0 Å². The highest BCUT2D eigenvalue weighted by Crippen LogP contribution is 2.17. The minimum Gasteiger partial charge on any atom is -0.450 e. The van der Waals surface area contributed by atoms with E-state index >= 15 is 0 Å². The molecule has 3 rings (SSSR count). The first-order chi connectivity index (χ1) is 13.0. The van der Waals surface area contributed by atoms with Gasteiger partial charge in [-0.1, -0.05) is 18.2 Å². The third kappa shape index (κ3) is 4.02. The maximum atomic E-state index is 12.9. The van der Waals surface area contributed by atoms with Gasteiger partial charge in [0.1, 0.15) is 0 Å². The summed E-state index contributed by atoms with van der Waals surface area (Å²) >= 11 is 0. The van der Waals surface area contributed by atoms with Crippen LogP contribution in [0.25, 0.3) is 0 Å². The van der Waals surface area contributed by atoms with Crippen molar-refractivity contribution in [1.29, 1.82) is 0 Å². The van der Waals surface area contributed by atoms with E-state index in [1.165, 1.54) is 0 Å². The second-order valence-corrected chi connectivity index (χ2v) is 6.27. The number of piperazine rings is 1. The van der Waals surface area contributed by atoms with E-state index in [9.17, 15) is 19.2 Å². The number of amides is 5. The van der Waals surface area contributed by atoms with Gasteiger partial charge >= 0.3 is 12.1 Å². The monoisotopic (exact) mass is 374 g/mol. The predicted octanol–water partition coefficient (Wildman–Crippen LogP) is 0.653. The summed E-state index contributed by atoms with van der Waals surface area (Å²) in [5.41, 5.74) is 1.07. The number of nitrogens with one attached hydrogen (secondary N) is 1. The number of rotatable bonds is 4. The van der Waals surface area contributed by atoms with E-state index in [2.05, 4.69) is 5.32 Å². The fourth-order valence-corrected chi connectivity index (χ4v) is 3.13. The molecular weight excluding hydrogens is 352 g/mol. The van der Waals surface area contributed by atoms with Crippen LogP contribution in [-0.2, 0) is 16.1 Å². The van der Waals surface area contributed by atoms with Crippen molar-refractivity contribution in [3.8, 4) is 0 Å². The third-order valence-electron chi connectivity index (χ3n) is 4.61. The van der Waals surface area contributed by atoms with Crippen LogP contribution >= 0.6 is 0 Å². The minimum absolute atomic E-state index is 0.0230. The Balaban J connectivity index is 1.68. The Morgan fingerprint density at radius 2 is 1.74 bits per heavy atom. The van der Waals surface area contributed by atoms with Gasteiger partial charge in [0.15, 0.2) is 0 Å². The molecule has 0 bridgehead atoms. The maximum Gasteiger partial charge on any atom is 0.409 e. The molecule has 1 N–H and O–H groups in total. The van der Waals surface area contributed by atoms with Gasteiger partial charge in [0.05, 0.1) is 19.7 Å². The molecule has 0 aliphatic carbocycles. The van der Waals surface area contributed by atoms with Gasteiger partial charge in [0, 0.05) is 31.7 Å². The standard InChI is InChI=1S/C18H22N4O5/c1-2-27-18(26)21-9-7-20(8-10-21)16(24)14-6-4-3-5-13(14)12-22-15(23)11-19-17(22)25/h3-6H,2,7-12H2,1H3,(H,19,25). The van der Waals surface area contributed by atoms with Gasteiger partial charge < -0.3 is 19.9 Å². The molecule has 144 valence electrons. The zero-order chi connectivity index (χ0) is 19.4. The lowest BCUT2D eigenvalue weighted by molar-refractivity contribution is -0.125. The summed E-state index contributed by atoms with van der Waals surface area (Å²) < 4.78 is 4.98. The largest absolute Gasteiger partial charge is 0.450 e. The predicted molar refractivity (Wildman–Crippen MR) is 94.9 cm³/mol. The van der Waals surface area contributed by atoms with E-state index in [4.69, 9.17) is 4.74 Å². The molecule has 0 saturated carbocycles. The summed E-state index contributed by atoms with van der Waals surface area (Å²) in [6.45, 7) is 3.69. The first kappa shape index (κ1) is 18.7. The number of urea groups is 1. The molecule has 5 amide bonds. The molecule has 2 aliphatic rings. The SMILES string of the molecule is CCOC(=O)N1CCN(C(=O)c2ccccc2CN2C(=O)CNC2=O)CC1. The Bertz CT molecular complexity index is 742. The minimum atomic E-state index is -0.453. The molecule has 0 aromatic heterocycles. The maximum absolute atomic E-state index is 12.9. The molecule has 27 heavy (non-hydrogen) atoms. The zero-order valence-electron chi connectivity index (χ0n) is 15.1. The number of carbonyl (C=O) groups excluding carboxylic acids is 4. The highest BCUT2D eigenvalue weighted by molar-refractivity contribution is 6.02. The second kappa shape index (κ2) is 8.07. The van der Waals surface area contributed by atoms with Crippen LogP contribution in [-0.4, -0.2) is 78.0 Å². The van der Waals surface area contributed by atoms with Gasteiger partial charge in [-0.2, -0.15) is 0 Å². The molecule has 9 heteroatoms. The van der Waals surface area contributed by atoms with Crippen LogP contribution in [0, 0.1) is 0 Å². The summed E-state index contributed by atoms with van der Waals surface area (Å²) in [5, 5.41) is 2.47. The summed E-state index contributed by atoms with van der Waals surface area (Å²) in [6.07, 6.45) is -0.372. The number of nitrogens with zero attached hydrogens (tertiary/aromatic N) is 3. The van der Waals surface area contributed by atoms with Crippen LogP contribution in [0.15, 0.2) is 24.3 Å². The molecule has 9 nitrogen and oxygen atoms in total. The molecule has 1 aromatic rings. The van der Waals surface area contributed by atoms with E-state index < -0.39 is 6.03 Å². The van der Waals surface area contributed by atoms with Crippen molar-refractivity contribution in [3.05, 3.63) is 35.4 Å². The van der Waals surface area contributed by atoms with Gasteiger partial charge in [-0.25, -0.2) is 9.59 Å². The Hall–Kier alpha value is -3.10. The number of ether oxygens (including phenoxy) is 1. The molecule has 0 unspecified atom stereocenters. The number of hydrogen-bond acceptors (Lipinski definition) is 5. The van der Waals surface area contributed by atoms with Crippen molar-refractivity contribution in [2.24, 2.45) is 0 Å². The topological polar surface area (TPSA) is 99.3 Å². The van der Waals surface area contributed by atoms with E-state index in [0.29, 0.717) is 43.9 Å². The molecule has 0 atom stereocenters. The van der Waals surface area contributed by atoms with Crippen molar-refractivity contribution in [3.63, 3.8) is 0 Å². The lowest BCUT2D eigenvalue weighted by Crippen LogP contribution is -2.51. The van der Waals surface area contributed by atoms with Gasteiger partial charge in [-0.05, 0) is 18.6 Å². The number of benzene rings is 1. The van der Waals surface area contributed by atoms with Gasteiger partial charge in [0.2, 0.25) is 5.91 Å². The fourth-order valence-electron chi connectivity index (χ4n) is 3.13. The van der Waals surface area contributed by atoms with Crippen LogP contribution in [0.3, 0.4) is 0 Å². The molecule has 1 aromatic carbocycles. The summed E-state index contributed by atoms with van der Waals surface area (Å²) in [6, 6.07) is 6.49. The quantitative estimate of drug-likeness (QED) is 0.781. The van der Waals surface area contributed by atoms with Crippen molar-refractivity contribution >= 4 is 23.9 Å². The first-order valence-electron chi connectivity index (χ1n) is 8.88. The average molecular weight is 374 g/mol. The second-order valence-electron chi connectivity index (χ2n) is 6.27. The molecule has 2 fully saturated rings. The summed E-state index contributed by atoms with van der Waals surface area (Å²) in [5.74, 6) is -0.494. The highest BCUT2D eigenvalue weighted by Gasteiger charge is 2.31. The highest BCUT2D eigenvalue weighted by atomic mass is 16.6. The fraction of sp³-hybridized carbons (Fsp3) is 0.444. The van der Waals surface area contributed by atoms with Crippen molar-refractivity contribution in [2.75, 3.05) is 39.3 Å². The Labute approximate surface area is 156 Å². The van der Waals surface area contributed by atoms with Gasteiger partial charge in [-0.3, -0.25) is 14.5 Å². The third-order valence-corrected chi connectivity index (χ3v) is 4.61. The molecular formula is C18H22N4O5. The van der Waals surface area contributed by atoms with Crippen molar-refractivity contribution in [1.82, 2.24) is 20.0 Å². The molecule has 0 spiro atoms. The lowest BCUT2D eigenvalue weighted by Gasteiger charge is -2.34. The van der Waals surface area contributed by atoms with E-state index in [0.717, 1.165) is 4.90 Å². The average Bonchev–Trinajstić information content (AvgIpc) is 3.00. The molecule has 2 saturated heterocycles. The van der Waals surface area contributed by atoms with Crippen LogP contribution in [0.1, 0.15) is 22.8 Å². The number of hydrogen-bond donors (Lipinski definition) is 1. The van der Waals surface area contributed by atoms with Crippen LogP contribution in [0.5, 0.6) is 0 Å². The van der Waals surface area contributed by atoms with E-state index in [-0.39, 0.29) is 31.0 Å². The Morgan fingerprint density at radius 3 is 2.37 bits per heavy atom. The molecule has 2 heterocycles. The first-order valence-corrected chi connectivity index (χ1v) is 8.88. The van der Waals surface area contributed by atoms with Crippen LogP contribution in [0.4, 0.5) is 9.59 Å². The normalized spacial score (nSPS) is 17.1. The number of carbonyl (C=O) groups is 4. The summed E-state index contributed by atoms with van der Waals surface area (Å²) in [7, 11) is 0. The summed E-state index contributed by atoms with van der Waals surface area (Å²) in [4.78, 5) is 52.7. The lowest BCUT2D eigenvalue weighted by atomic mass is 10.1.